The van der Waals surface area contributed by atoms with Gasteiger partial charge in [0.1, 0.15) is 17.2 Å². The van der Waals surface area contributed by atoms with Gasteiger partial charge >= 0.3 is 0 Å². The lowest BCUT2D eigenvalue weighted by molar-refractivity contribution is 0.0672. The van der Waals surface area contributed by atoms with Gasteiger partial charge in [0.2, 0.25) is 0 Å². The van der Waals surface area contributed by atoms with Crippen LogP contribution in [0.25, 0.3) is 11.0 Å². The number of aromatic nitrogens is 1. The summed E-state index contributed by atoms with van der Waals surface area (Å²) >= 11 is 0. The van der Waals surface area contributed by atoms with E-state index in [4.69, 9.17) is 4.42 Å². The van der Waals surface area contributed by atoms with Gasteiger partial charge in [0.25, 0.3) is 5.91 Å². The molecule has 0 N–H and O–H groups in total. The van der Waals surface area contributed by atoms with Crippen LogP contribution in [0.4, 0.5) is 5.82 Å². The third-order valence-electron chi connectivity index (χ3n) is 4.50. The number of pyridine rings is 1. The van der Waals surface area contributed by atoms with E-state index in [0.717, 1.165) is 29.0 Å². The Bertz CT molecular complexity index is 868. The zero-order valence-corrected chi connectivity index (χ0v) is 15.8. The molecule has 1 amide bonds. The summed E-state index contributed by atoms with van der Waals surface area (Å²) in [5.74, 6) is 1.56. The molecular weight excluding hydrogens is 326 g/mol. The summed E-state index contributed by atoms with van der Waals surface area (Å²) in [7, 11) is 3.83. The van der Waals surface area contributed by atoms with Gasteiger partial charge in [-0.25, -0.2) is 4.98 Å². The Morgan fingerprint density at radius 3 is 2.65 bits per heavy atom. The fourth-order valence-corrected chi connectivity index (χ4v) is 3.04. The second-order valence-corrected chi connectivity index (χ2v) is 6.66. The van der Waals surface area contributed by atoms with Crippen molar-refractivity contribution in [2.75, 3.05) is 25.5 Å². The molecule has 1 aromatic carbocycles. The maximum atomic E-state index is 13.2. The van der Waals surface area contributed by atoms with E-state index in [9.17, 15) is 4.79 Å². The molecule has 0 saturated heterocycles. The molecule has 0 bridgehead atoms. The first kappa shape index (κ1) is 18.0. The van der Waals surface area contributed by atoms with Gasteiger partial charge < -0.3 is 14.2 Å². The van der Waals surface area contributed by atoms with Crippen LogP contribution < -0.4 is 4.90 Å². The summed E-state index contributed by atoms with van der Waals surface area (Å²) in [6.45, 7) is 4.75. The number of carbonyl (C=O) groups is 1. The van der Waals surface area contributed by atoms with E-state index >= 15 is 0 Å². The van der Waals surface area contributed by atoms with Crippen molar-refractivity contribution in [1.82, 2.24) is 9.88 Å². The first-order valence-corrected chi connectivity index (χ1v) is 8.94. The summed E-state index contributed by atoms with van der Waals surface area (Å²) < 4.78 is 5.99. The fourth-order valence-electron chi connectivity index (χ4n) is 3.04. The summed E-state index contributed by atoms with van der Waals surface area (Å²) in [6.07, 6.45) is 2.56. The van der Waals surface area contributed by atoms with E-state index < -0.39 is 0 Å². The zero-order chi connectivity index (χ0) is 18.7. The molecule has 0 spiro atoms. The van der Waals surface area contributed by atoms with Crippen molar-refractivity contribution < 1.29 is 9.21 Å². The van der Waals surface area contributed by atoms with Crippen LogP contribution in [0.2, 0.25) is 0 Å². The predicted molar refractivity (Wildman–Crippen MR) is 105 cm³/mol. The van der Waals surface area contributed by atoms with Crippen LogP contribution in [-0.2, 0) is 0 Å². The number of nitrogens with zero attached hydrogens (tertiary/aromatic N) is 3. The Morgan fingerprint density at radius 1 is 1.19 bits per heavy atom. The van der Waals surface area contributed by atoms with Crippen LogP contribution >= 0.6 is 0 Å². The van der Waals surface area contributed by atoms with Gasteiger partial charge in [-0.05, 0) is 37.6 Å². The number of furan rings is 1. The lowest BCUT2D eigenvalue weighted by atomic mass is 10.1. The largest absolute Gasteiger partial charge is 0.459 e. The monoisotopic (exact) mass is 351 g/mol. The van der Waals surface area contributed by atoms with E-state index in [1.165, 1.54) is 0 Å². The highest BCUT2D eigenvalue weighted by molar-refractivity contribution is 5.95. The van der Waals surface area contributed by atoms with Crippen LogP contribution in [-0.4, -0.2) is 36.4 Å². The quantitative estimate of drug-likeness (QED) is 0.656. The van der Waals surface area contributed by atoms with Gasteiger partial charge in [-0.1, -0.05) is 25.1 Å². The molecule has 0 fully saturated rings. The molecule has 5 nitrogen and oxygen atoms in total. The lowest BCUT2D eigenvalue weighted by Gasteiger charge is -2.28. The molecular formula is C21H25N3O2. The van der Waals surface area contributed by atoms with Gasteiger partial charge in [0, 0.05) is 37.8 Å². The molecule has 136 valence electrons. The van der Waals surface area contributed by atoms with Gasteiger partial charge in [-0.15, -0.1) is 0 Å². The Balaban J connectivity index is 1.92. The van der Waals surface area contributed by atoms with Crippen LogP contribution in [0.1, 0.15) is 42.4 Å². The third kappa shape index (κ3) is 3.57. The molecule has 0 aliphatic rings. The van der Waals surface area contributed by atoms with Crippen LogP contribution in [0.3, 0.4) is 0 Å². The summed E-state index contributed by atoms with van der Waals surface area (Å²) in [5, 5.41) is 1.05. The Kier molecular flexibility index (Phi) is 5.26. The normalized spacial score (nSPS) is 12.2. The molecule has 26 heavy (non-hydrogen) atoms. The summed E-state index contributed by atoms with van der Waals surface area (Å²) in [5.41, 5.74) is 1.48. The van der Waals surface area contributed by atoms with Gasteiger partial charge in [0.15, 0.2) is 0 Å². The second kappa shape index (κ2) is 7.60. The smallest absolute Gasteiger partial charge is 0.254 e. The molecule has 3 aromatic rings. The van der Waals surface area contributed by atoms with Crippen LogP contribution in [0.5, 0.6) is 0 Å². The zero-order valence-electron chi connectivity index (χ0n) is 15.8. The average Bonchev–Trinajstić information content (AvgIpc) is 3.09. The maximum absolute atomic E-state index is 13.2. The number of anilines is 1. The molecule has 0 radical (unpaired) electrons. The fraction of sp³-hybridized carbons (Fsp3) is 0.333. The summed E-state index contributed by atoms with van der Waals surface area (Å²) in [4.78, 5) is 21.2. The number of hydrogen-bond acceptors (Lipinski definition) is 4. The highest BCUT2D eigenvalue weighted by atomic mass is 16.3. The van der Waals surface area contributed by atoms with E-state index in [1.807, 2.05) is 67.2 Å². The minimum atomic E-state index is -0.147. The molecule has 0 saturated carbocycles. The minimum Gasteiger partial charge on any atom is -0.459 e. The number of benzene rings is 1. The van der Waals surface area contributed by atoms with Crippen molar-refractivity contribution in [1.29, 1.82) is 0 Å². The highest BCUT2D eigenvalue weighted by Crippen LogP contribution is 2.28. The lowest BCUT2D eigenvalue weighted by Crippen LogP contribution is -2.34. The van der Waals surface area contributed by atoms with Gasteiger partial charge in [-0.2, -0.15) is 0 Å². The number of amides is 1. The number of hydrogen-bond donors (Lipinski definition) is 0. The molecule has 3 rings (SSSR count). The number of fused-ring (bicyclic) bond motifs is 1. The van der Waals surface area contributed by atoms with Crippen molar-refractivity contribution in [3.8, 4) is 0 Å². The maximum Gasteiger partial charge on any atom is 0.254 e. The predicted octanol–water partition coefficient (Wildman–Crippen LogP) is 4.51. The molecule has 2 heterocycles. The van der Waals surface area contributed by atoms with Crippen molar-refractivity contribution in [3.05, 3.63) is 60.0 Å². The van der Waals surface area contributed by atoms with Gasteiger partial charge in [-0.3, -0.25) is 4.79 Å². The number of carbonyl (C=O) groups excluding carboxylic acids is 1. The highest BCUT2D eigenvalue weighted by Gasteiger charge is 2.25. The van der Waals surface area contributed by atoms with Crippen molar-refractivity contribution >= 4 is 22.7 Å². The molecule has 2 aromatic heterocycles. The third-order valence-corrected chi connectivity index (χ3v) is 4.50. The Hall–Kier alpha value is -2.82. The van der Waals surface area contributed by atoms with Crippen molar-refractivity contribution in [2.45, 2.75) is 26.3 Å². The molecule has 5 heteroatoms. The minimum absolute atomic E-state index is 0.00898. The molecule has 0 aliphatic carbocycles. The second-order valence-electron chi connectivity index (χ2n) is 6.66. The number of rotatable bonds is 6. The Labute approximate surface area is 154 Å². The number of para-hydroxylation sites is 1. The standard InChI is InChI=1S/C21H25N3O2/c1-5-12-24(21(25)17-10-11-22-20(14-17)23(3)4)15(2)19-13-16-8-6-7-9-18(16)26-19/h6-11,13-15H,5,12H2,1-4H3. The topological polar surface area (TPSA) is 49.6 Å². The first-order chi connectivity index (χ1) is 12.5. The molecule has 1 atom stereocenters. The average molecular weight is 351 g/mol. The van der Waals surface area contributed by atoms with Crippen molar-refractivity contribution in [3.63, 3.8) is 0 Å². The summed E-state index contributed by atoms with van der Waals surface area (Å²) in [6, 6.07) is 13.4. The van der Waals surface area contributed by atoms with Crippen molar-refractivity contribution in [2.24, 2.45) is 0 Å². The van der Waals surface area contributed by atoms with Gasteiger partial charge in [0.05, 0.1) is 6.04 Å². The molecule has 0 aliphatic heterocycles. The van der Waals surface area contributed by atoms with E-state index in [0.29, 0.717) is 12.1 Å². The Morgan fingerprint density at radius 2 is 1.96 bits per heavy atom. The first-order valence-electron chi connectivity index (χ1n) is 8.94. The molecule has 1 unspecified atom stereocenters. The van der Waals surface area contributed by atoms with Crippen LogP contribution in [0, 0.1) is 0 Å². The van der Waals surface area contributed by atoms with E-state index in [-0.39, 0.29) is 11.9 Å². The van der Waals surface area contributed by atoms with E-state index in [2.05, 4.69) is 11.9 Å². The van der Waals surface area contributed by atoms with E-state index in [1.54, 1.807) is 12.3 Å². The van der Waals surface area contributed by atoms with Crippen LogP contribution in [0.15, 0.2) is 53.1 Å². The SMILES string of the molecule is CCCN(C(=O)c1ccnc(N(C)C)c1)C(C)c1cc2ccccc2o1.